The Hall–Kier alpha value is -3.39. The predicted molar refractivity (Wildman–Crippen MR) is 119 cm³/mol. The highest BCUT2D eigenvalue weighted by Crippen LogP contribution is 2.44. The number of para-hydroxylation sites is 1. The summed E-state index contributed by atoms with van der Waals surface area (Å²) in [5.41, 5.74) is 7.22. The highest BCUT2D eigenvalue weighted by Gasteiger charge is 2.48. The lowest BCUT2D eigenvalue weighted by Gasteiger charge is -2.47. The van der Waals surface area contributed by atoms with Crippen LogP contribution in [0.5, 0.6) is 11.5 Å². The number of nitrogens with zero attached hydrogens (tertiary/aromatic N) is 3. The molecule has 2 aliphatic heterocycles. The van der Waals surface area contributed by atoms with Gasteiger partial charge in [-0.3, -0.25) is 9.59 Å². The highest BCUT2D eigenvalue weighted by atomic mass is 32.1. The number of thiazole rings is 1. The first kappa shape index (κ1) is 19.6. The lowest BCUT2D eigenvalue weighted by Crippen LogP contribution is -2.57. The van der Waals surface area contributed by atoms with Gasteiger partial charge in [-0.2, -0.15) is 0 Å². The first-order valence-corrected chi connectivity index (χ1v) is 11.0. The van der Waals surface area contributed by atoms with Crippen LogP contribution in [0.4, 0.5) is 5.13 Å². The third-order valence-corrected chi connectivity index (χ3v) is 7.02. The van der Waals surface area contributed by atoms with Crippen molar-refractivity contribution < 1.29 is 14.3 Å². The number of aromatic nitrogens is 1. The monoisotopic (exact) mass is 434 g/mol. The van der Waals surface area contributed by atoms with Crippen molar-refractivity contribution in [2.24, 2.45) is 11.1 Å². The molecule has 0 atom stereocenters. The first-order valence-electron chi connectivity index (χ1n) is 10.1. The van der Waals surface area contributed by atoms with E-state index in [1.54, 1.807) is 0 Å². The Morgan fingerprint density at radius 3 is 2.42 bits per heavy atom. The van der Waals surface area contributed by atoms with E-state index >= 15 is 0 Å². The van der Waals surface area contributed by atoms with E-state index < -0.39 is 5.91 Å². The zero-order chi connectivity index (χ0) is 21.4. The minimum absolute atomic E-state index is 0.149. The second kappa shape index (κ2) is 7.70. The van der Waals surface area contributed by atoms with E-state index in [4.69, 9.17) is 15.5 Å². The number of benzene rings is 2. The number of anilines is 1. The van der Waals surface area contributed by atoms with E-state index in [0.717, 1.165) is 55.5 Å². The molecule has 5 rings (SSSR count). The van der Waals surface area contributed by atoms with Gasteiger partial charge in [0, 0.05) is 37.2 Å². The maximum atomic E-state index is 12.1. The number of likely N-dealkylation sites (tertiary alicyclic amines) is 1. The normalized spacial score (nSPS) is 16.9. The number of carbonyl (C=O) groups is 2. The van der Waals surface area contributed by atoms with Gasteiger partial charge in [0.05, 0.1) is 5.69 Å². The summed E-state index contributed by atoms with van der Waals surface area (Å²) in [5.74, 6) is 0.985. The van der Waals surface area contributed by atoms with Crippen LogP contribution in [0.15, 0.2) is 54.6 Å². The maximum Gasteiger partial charge on any atom is 0.261 e. The predicted octanol–water partition coefficient (Wildman–Crippen LogP) is 3.37. The molecule has 7 nitrogen and oxygen atoms in total. The summed E-state index contributed by atoms with van der Waals surface area (Å²) in [5, 5.41) is 0.795. The molecular weight excluding hydrogens is 412 g/mol. The van der Waals surface area contributed by atoms with Crippen molar-refractivity contribution in [3.05, 3.63) is 59.5 Å². The summed E-state index contributed by atoms with van der Waals surface area (Å²) in [6.45, 7) is 3.28. The van der Waals surface area contributed by atoms with Crippen molar-refractivity contribution in [3.63, 3.8) is 0 Å². The van der Waals surface area contributed by atoms with Gasteiger partial charge in [-0.25, -0.2) is 4.98 Å². The molecule has 1 spiro atoms. The molecular formula is C23H22N4O3S. The van der Waals surface area contributed by atoms with Gasteiger partial charge in [-0.1, -0.05) is 29.5 Å². The van der Waals surface area contributed by atoms with Gasteiger partial charge in [0.1, 0.15) is 16.4 Å². The molecule has 2 N–H and O–H groups in total. The Morgan fingerprint density at radius 1 is 1.06 bits per heavy atom. The molecule has 0 aliphatic carbocycles. The van der Waals surface area contributed by atoms with Gasteiger partial charge in [0.2, 0.25) is 6.41 Å². The fraction of sp³-hybridized carbons (Fsp3) is 0.261. The van der Waals surface area contributed by atoms with Crippen molar-refractivity contribution in [2.75, 3.05) is 31.1 Å². The average Bonchev–Trinajstić information content (AvgIpc) is 3.39. The van der Waals surface area contributed by atoms with Gasteiger partial charge < -0.3 is 20.3 Å². The summed E-state index contributed by atoms with van der Waals surface area (Å²) >= 11 is 1.33. The quantitative estimate of drug-likeness (QED) is 0.601. The minimum Gasteiger partial charge on any atom is -0.457 e. The van der Waals surface area contributed by atoms with E-state index in [0.29, 0.717) is 16.3 Å². The van der Waals surface area contributed by atoms with Gasteiger partial charge in [-0.05, 0) is 42.8 Å². The van der Waals surface area contributed by atoms with Crippen LogP contribution in [0.2, 0.25) is 0 Å². The van der Waals surface area contributed by atoms with Gasteiger partial charge >= 0.3 is 0 Å². The molecule has 2 aromatic carbocycles. The van der Waals surface area contributed by atoms with E-state index in [9.17, 15) is 9.59 Å². The van der Waals surface area contributed by atoms with Crippen LogP contribution in [0.1, 0.15) is 16.1 Å². The van der Waals surface area contributed by atoms with Crippen molar-refractivity contribution in [1.29, 1.82) is 0 Å². The summed E-state index contributed by atoms with van der Waals surface area (Å²) in [6.07, 6.45) is 1.93. The molecule has 31 heavy (non-hydrogen) atoms. The van der Waals surface area contributed by atoms with E-state index in [-0.39, 0.29) is 5.41 Å². The molecule has 3 heterocycles. The SMILES string of the molecule is NC(=O)c1sc(N2CC3(CCN(C=O)C3)C2)nc1-c1ccc(Oc2ccccc2)cc1. The Morgan fingerprint density at radius 2 is 1.77 bits per heavy atom. The second-order valence-electron chi connectivity index (χ2n) is 8.16. The van der Waals surface area contributed by atoms with Crippen LogP contribution in [-0.4, -0.2) is 48.4 Å². The fourth-order valence-corrected chi connectivity index (χ4v) is 5.27. The third-order valence-electron chi connectivity index (χ3n) is 5.89. The van der Waals surface area contributed by atoms with E-state index in [1.165, 1.54) is 11.3 Å². The third kappa shape index (κ3) is 3.74. The summed E-state index contributed by atoms with van der Waals surface area (Å²) in [7, 11) is 0. The summed E-state index contributed by atoms with van der Waals surface area (Å²) in [4.78, 5) is 32.3. The topological polar surface area (TPSA) is 88.8 Å². The zero-order valence-electron chi connectivity index (χ0n) is 16.9. The van der Waals surface area contributed by atoms with E-state index in [1.807, 2.05) is 59.5 Å². The molecule has 3 aromatic rings. The standard InChI is InChI=1S/C23H22N4O3S/c24-21(29)20-19(16-6-8-18(9-7-16)30-17-4-2-1-3-5-17)25-22(31-20)27-13-23(14-27)10-11-26(12-23)15-28/h1-9,15H,10-14H2,(H2,24,29). The lowest BCUT2D eigenvalue weighted by atomic mass is 9.79. The fourth-order valence-electron chi connectivity index (χ4n) is 4.33. The lowest BCUT2D eigenvalue weighted by molar-refractivity contribution is -0.117. The van der Waals surface area contributed by atoms with Crippen molar-refractivity contribution >= 4 is 28.8 Å². The van der Waals surface area contributed by atoms with Crippen LogP contribution in [0.25, 0.3) is 11.3 Å². The minimum atomic E-state index is -0.480. The number of rotatable bonds is 6. The van der Waals surface area contributed by atoms with Crippen LogP contribution in [0, 0.1) is 5.41 Å². The van der Waals surface area contributed by atoms with E-state index in [2.05, 4.69) is 4.90 Å². The number of hydrogen-bond acceptors (Lipinski definition) is 6. The Kier molecular flexibility index (Phi) is 4.86. The Balaban J connectivity index is 1.34. The number of hydrogen-bond donors (Lipinski definition) is 1. The molecule has 158 valence electrons. The van der Waals surface area contributed by atoms with Crippen LogP contribution in [-0.2, 0) is 4.79 Å². The summed E-state index contributed by atoms with van der Waals surface area (Å²) in [6, 6.07) is 17.1. The molecule has 0 unspecified atom stereocenters. The molecule has 8 heteroatoms. The molecule has 0 radical (unpaired) electrons. The van der Waals surface area contributed by atoms with Crippen molar-refractivity contribution in [3.8, 4) is 22.8 Å². The number of carbonyl (C=O) groups excluding carboxylic acids is 2. The second-order valence-corrected chi connectivity index (χ2v) is 9.14. The zero-order valence-corrected chi connectivity index (χ0v) is 17.7. The Bertz CT molecular complexity index is 1110. The first-order chi connectivity index (χ1) is 15.0. The average molecular weight is 435 g/mol. The molecule has 2 fully saturated rings. The highest BCUT2D eigenvalue weighted by molar-refractivity contribution is 7.18. The van der Waals surface area contributed by atoms with Crippen LogP contribution >= 0.6 is 11.3 Å². The van der Waals surface area contributed by atoms with Gasteiger partial charge in [0.15, 0.2) is 5.13 Å². The number of ether oxygens (including phenoxy) is 1. The smallest absolute Gasteiger partial charge is 0.261 e. The van der Waals surface area contributed by atoms with Gasteiger partial charge in [-0.15, -0.1) is 0 Å². The largest absolute Gasteiger partial charge is 0.457 e. The van der Waals surface area contributed by atoms with Gasteiger partial charge in [0.25, 0.3) is 5.91 Å². The molecule has 1 aromatic heterocycles. The molecule has 0 bridgehead atoms. The van der Waals surface area contributed by atoms with Crippen LogP contribution in [0.3, 0.4) is 0 Å². The number of nitrogens with two attached hydrogens (primary N) is 1. The molecule has 2 saturated heterocycles. The van der Waals surface area contributed by atoms with Crippen molar-refractivity contribution in [2.45, 2.75) is 6.42 Å². The molecule has 2 aliphatic rings. The Labute approximate surface area is 184 Å². The van der Waals surface area contributed by atoms with Crippen LogP contribution < -0.4 is 15.4 Å². The molecule has 0 saturated carbocycles. The van der Waals surface area contributed by atoms with Crippen molar-refractivity contribution in [1.82, 2.24) is 9.88 Å². The maximum absolute atomic E-state index is 12.1. The summed E-state index contributed by atoms with van der Waals surface area (Å²) < 4.78 is 5.84. The number of primary amides is 1. The molecule has 2 amide bonds. The number of amides is 2.